The number of nitrogens with zero attached hydrogens (tertiary/aromatic N) is 2. The number of rotatable bonds is 1. The largest absolute Gasteiger partial charge is 0.331 e. The van der Waals surface area contributed by atoms with Crippen LogP contribution in [0.3, 0.4) is 0 Å². The molecular weight excluding hydrogens is 356 g/mol. The van der Waals surface area contributed by atoms with Crippen molar-refractivity contribution in [3.05, 3.63) is 23.4 Å². The highest BCUT2D eigenvalue weighted by atomic mass is 16.1. The van der Waals surface area contributed by atoms with Gasteiger partial charge in [0.05, 0.1) is 18.4 Å². The molecule has 0 amide bonds. The fourth-order valence-electron chi connectivity index (χ4n) is 8.50. The zero-order valence-corrected chi connectivity index (χ0v) is 18.2. The number of aliphatic imine (C=N–C) groups is 1. The average Bonchev–Trinajstić information content (AvgIpc) is 3.29. The number of hydrogen-bond acceptors (Lipinski definition) is 3. The highest BCUT2D eigenvalue weighted by Crippen LogP contribution is 2.65. The van der Waals surface area contributed by atoms with Gasteiger partial charge in [-0.1, -0.05) is 44.4 Å². The third-order valence-electron chi connectivity index (χ3n) is 10.2. The molecule has 3 nitrogen and oxygen atoms in total. The number of Topliss-reactive ketones (excluding diaryl/α,β-unsaturated/α-hetero) is 1. The maximum absolute atomic E-state index is 12.1. The van der Waals surface area contributed by atoms with Crippen molar-refractivity contribution in [3.63, 3.8) is 0 Å². The molecule has 0 aromatic carbocycles. The molecule has 6 rings (SSSR count). The number of allylic oxidation sites excluding steroid dienone is 4. The predicted octanol–water partition coefficient (Wildman–Crippen LogP) is 5.67. The Morgan fingerprint density at radius 2 is 1.86 bits per heavy atom. The summed E-state index contributed by atoms with van der Waals surface area (Å²) in [7, 11) is 0. The standard InChI is InChI=1S/C26H36N2O/c1-25-13-11-18(29)15-17(25)7-8-19-20-9-10-24(26(20,2)14-12-21(19)25)28-16-27-22-5-3-4-6-23(22)28/h7,10,16,19-23H,3-6,8-9,11-15H2,1-2H3/t19?,20?,21?,22?,23-,25-,26-/m0/s1. The van der Waals surface area contributed by atoms with Crippen LogP contribution in [0.1, 0.15) is 84.5 Å². The normalized spacial score (nSPS) is 48.4. The first kappa shape index (κ1) is 18.4. The van der Waals surface area contributed by atoms with Crippen molar-refractivity contribution in [3.8, 4) is 0 Å². The molecule has 156 valence electrons. The number of hydrogen-bond donors (Lipinski definition) is 0. The number of fused-ring (bicyclic) bond motifs is 6. The second-order valence-electron chi connectivity index (χ2n) is 11.3. The summed E-state index contributed by atoms with van der Waals surface area (Å²) in [4.78, 5) is 19.6. The van der Waals surface area contributed by atoms with Gasteiger partial charge in [0.2, 0.25) is 0 Å². The summed E-state index contributed by atoms with van der Waals surface area (Å²) in [6, 6.07) is 1.17. The molecule has 0 bridgehead atoms. The number of carbonyl (C=O) groups is 1. The van der Waals surface area contributed by atoms with Gasteiger partial charge in [0.25, 0.3) is 0 Å². The Labute approximate surface area is 175 Å². The van der Waals surface area contributed by atoms with E-state index in [2.05, 4.69) is 37.2 Å². The molecule has 0 radical (unpaired) electrons. The Bertz CT molecular complexity index is 825. The van der Waals surface area contributed by atoms with Crippen LogP contribution in [0.4, 0.5) is 0 Å². The number of ketones is 1. The van der Waals surface area contributed by atoms with Crippen LogP contribution < -0.4 is 0 Å². The van der Waals surface area contributed by atoms with E-state index in [-0.39, 0.29) is 5.41 Å². The second kappa shape index (κ2) is 6.31. The maximum atomic E-state index is 12.1. The SMILES string of the molecule is C[C@]12CCC(=O)CC1=CCC1C2CC[C@]2(C)C(N3C=NC4CCCC[C@@H]43)=CCC12. The van der Waals surface area contributed by atoms with Crippen LogP contribution in [0, 0.1) is 28.6 Å². The quantitative estimate of drug-likeness (QED) is 0.539. The zero-order chi connectivity index (χ0) is 19.8. The molecule has 0 saturated heterocycles. The molecule has 0 spiro atoms. The molecule has 1 aliphatic heterocycles. The van der Waals surface area contributed by atoms with E-state index in [0.29, 0.717) is 23.3 Å². The molecule has 29 heavy (non-hydrogen) atoms. The van der Waals surface area contributed by atoms with Crippen molar-refractivity contribution in [2.45, 2.75) is 96.6 Å². The Morgan fingerprint density at radius 1 is 1.00 bits per heavy atom. The fourth-order valence-corrected chi connectivity index (χ4v) is 8.50. The van der Waals surface area contributed by atoms with E-state index in [1.165, 1.54) is 56.9 Å². The van der Waals surface area contributed by atoms with Crippen LogP contribution >= 0.6 is 0 Å². The van der Waals surface area contributed by atoms with Gasteiger partial charge in [-0.2, -0.15) is 0 Å². The van der Waals surface area contributed by atoms with E-state index >= 15 is 0 Å². The minimum atomic E-state index is 0.282. The van der Waals surface area contributed by atoms with Gasteiger partial charge in [0.15, 0.2) is 0 Å². The summed E-state index contributed by atoms with van der Waals surface area (Å²) >= 11 is 0. The van der Waals surface area contributed by atoms with Crippen molar-refractivity contribution in [1.82, 2.24) is 4.90 Å². The molecule has 7 atom stereocenters. The van der Waals surface area contributed by atoms with Gasteiger partial charge in [-0.3, -0.25) is 9.79 Å². The van der Waals surface area contributed by atoms with E-state index < -0.39 is 0 Å². The van der Waals surface area contributed by atoms with Gasteiger partial charge in [-0.05, 0) is 68.1 Å². The molecule has 3 heteroatoms. The van der Waals surface area contributed by atoms with Gasteiger partial charge < -0.3 is 4.90 Å². The van der Waals surface area contributed by atoms with Crippen molar-refractivity contribution in [2.24, 2.45) is 33.6 Å². The summed E-state index contributed by atoms with van der Waals surface area (Å²) < 4.78 is 0. The lowest BCUT2D eigenvalue weighted by molar-refractivity contribution is -0.122. The van der Waals surface area contributed by atoms with Gasteiger partial charge in [-0.15, -0.1) is 0 Å². The Balaban J connectivity index is 1.29. The van der Waals surface area contributed by atoms with Crippen LogP contribution in [0.25, 0.3) is 0 Å². The average molecular weight is 393 g/mol. The van der Waals surface area contributed by atoms with Crippen molar-refractivity contribution in [1.29, 1.82) is 0 Å². The van der Waals surface area contributed by atoms with E-state index in [0.717, 1.165) is 37.0 Å². The first-order chi connectivity index (χ1) is 14.0. The summed E-state index contributed by atoms with van der Waals surface area (Å²) in [6.45, 7) is 5.07. The first-order valence-corrected chi connectivity index (χ1v) is 12.2. The molecule has 3 fully saturated rings. The van der Waals surface area contributed by atoms with Crippen LogP contribution in [0.15, 0.2) is 28.4 Å². The molecule has 1 heterocycles. The fraction of sp³-hybridized carbons (Fsp3) is 0.769. The topological polar surface area (TPSA) is 32.7 Å². The molecule has 6 aliphatic rings. The molecule has 0 aromatic heterocycles. The number of carbonyl (C=O) groups excluding carboxylic acids is 1. The van der Waals surface area contributed by atoms with Gasteiger partial charge >= 0.3 is 0 Å². The van der Waals surface area contributed by atoms with E-state index in [1.54, 1.807) is 5.70 Å². The van der Waals surface area contributed by atoms with E-state index in [9.17, 15) is 4.79 Å². The molecule has 0 N–H and O–H groups in total. The van der Waals surface area contributed by atoms with Crippen LogP contribution in [-0.2, 0) is 4.79 Å². The Kier molecular flexibility index (Phi) is 4.00. The highest BCUT2D eigenvalue weighted by molar-refractivity contribution is 5.82. The van der Waals surface area contributed by atoms with E-state index in [1.807, 2.05) is 0 Å². The van der Waals surface area contributed by atoms with Gasteiger partial charge in [0.1, 0.15) is 5.78 Å². The van der Waals surface area contributed by atoms with Crippen LogP contribution in [-0.4, -0.2) is 29.1 Å². The Morgan fingerprint density at radius 3 is 2.76 bits per heavy atom. The molecule has 4 unspecified atom stereocenters. The lowest BCUT2D eigenvalue weighted by Gasteiger charge is -2.57. The first-order valence-electron chi connectivity index (χ1n) is 12.2. The molecule has 0 aromatic rings. The van der Waals surface area contributed by atoms with Gasteiger partial charge in [0, 0.05) is 24.0 Å². The van der Waals surface area contributed by atoms with Crippen LogP contribution in [0.5, 0.6) is 0 Å². The zero-order valence-electron chi connectivity index (χ0n) is 18.2. The highest BCUT2D eigenvalue weighted by Gasteiger charge is 2.58. The third kappa shape index (κ3) is 2.48. The van der Waals surface area contributed by atoms with Crippen molar-refractivity contribution in [2.75, 3.05) is 0 Å². The smallest absolute Gasteiger partial charge is 0.136 e. The van der Waals surface area contributed by atoms with Crippen molar-refractivity contribution >= 4 is 12.1 Å². The van der Waals surface area contributed by atoms with Crippen molar-refractivity contribution < 1.29 is 4.79 Å². The summed E-state index contributed by atoms with van der Waals surface area (Å²) in [5.41, 5.74) is 3.69. The molecule has 3 saturated carbocycles. The minimum Gasteiger partial charge on any atom is -0.331 e. The second-order valence-corrected chi connectivity index (χ2v) is 11.3. The van der Waals surface area contributed by atoms with Crippen LogP contribution in [0.2, 0.25) is 0 Å². The summed E-state index contributed by atoms with van der Waals surface area (Å²) in [5.74, 6) is 2.79. The summed E-state index contributed by atoms with van der Waals surface area (Å²) in [5, 5.41) is 0. The lowest BCUT2D eigenvalue weighted by atomic mass is 9.48. The van der Waals surface area contributed by atoms with E-state index in [4.69, 9.17) is 4.99 Å². The minimum absolute atomic E-state index is 0.282. The maximum Gasteiger partial charge on any atom is 0.136 e. The lowest BCUT2D eigenvalue weighted by Crippen LogP contribution is -2.51. The molecule has 5 aliphatic carbocycles. The Hall–Kier alpha value is -1.38. The third-order valence-corrected chi connectivity index (χ3v) is 10.2. The predicted molar refractivity (Wildman–Crippen MR) is 117 cm³/mol. The summed E-state index contributed by atoms with van der Waals surface area (Å²) in [6.07, 6.45) is 20.3. The van der Waals surface area contributed by atoms with Gasteiger partial charge in [-0.25, -0.2) is 0 Å². The monoisotopic (exact) mass is 392 g/mol. The molecular formula is C26H36N2O.